The van der Waals surface area contributed by atoms with Crippen molar-refractivity contribution in [3.05, 3.63) is 22.2 Å². The number of carboxylic acids is 1. The quantitative estimate of drug-likeness (QED) is 0.805. The van der Waals surface area contributed by atoms with E-state index in [1.54, 1.807) is 26.0 Å². The SMILES string of the molecule is COc1cc(C)c(Br)cc1NC(=O)[C@@H](C(=O)O)C(C)C. The largest absolute Gasteiger partial charge is 0.495 e. The van der Waals surface area contributed by atoms with Crippen LogP contribution in [-0.2, 0) is 9.59 Å². The molecular formula is C14H18BrNO4. The Morgan fingerprint density at radius 2 is 1.95 bits per heavy atom. The molecule has 0 radical (unpaired) electrons. The molecule has 5 nitrogen and oxygen atoms in total. The van der Waals surface area contributed by atoms with E-state index in [9.17, 15) is 9.59 Å². The zero-order valence-corrected chi connectivity index (χ0v) is 13.4. The molecule has 0 saturated heterocycles. The lowest BCUT2D eigenvalue weighted by Crippen LogP contribution is -2.33. The molecule has 1 amide bonds. The van der Waals surface area contributed by atoms with Gasteiger partial charge >= 0.3 is 5.97 Å². The lowest BCUT2D eigenvalue weighted by Gasteiger charge is -2.18. The van der Waals surface area contributed by atoms with Crippen molar-refractivity contribution in [1.29, 1.82) is 0 Å². The maximum absolute atomic E-state index is 12.1. The lowest BCUT2D eigenvalue weighted by molar-refractivity contribution is -0.147. The summed E-state index contributed by atoms with van der Waals surface area (Å²) in [5.41, 5.74) is 1.40. The van der Waals surface area contributed by atoms with Gasteiger partial charge in [-0.15, -0.1) is 0 Å². The summed E-state index contributed by atoms with van der Waals surface area (Å²) < 4.78 is 6.01. The topological polar surface area (TPSA) is 75.6 Å². The van der Waals surface area contributed by atoms with E-state index in [4.69, 9.17) is 9.84 Å². The second-order valence-corrected chi connectivity index (χ2v) is 5.71. The minimum absolute atomic E-state index is 0.299. The maximum Gasteiger partial charge on any atom is 0.316 e. The van der Waals surface area contributed by atoms with Crippen molar-refractivity contribution in [1.82, 2.24) is 0 Å². The van der Waals surface area contributed by atoms with Crippen LogP contribution in [0, 0.1) is 18.8 Å². The second kappa shape index (κ2) is 6.74. The fraction of sp³-hybridized carbons (Fsp3) is 0.429. The molecule has 0 aliphatic rings. The van der Waals surface area contributed by atoms with Crippen LogP contribution in [0.2, 0.25) is 0 Å². The summed E-state index contributed by atoms with van der Waals surface area (Å²) in [7, 11) is 1.50. The Bertz CT molecular complexity index is 528. The maximum atomic E-state index is 12.1. The molecule has 0 heterocycles. The molecule has 0 unspecified atom stereocenters. The minimum Gasteiger partial charge on any atom is -0.495 e. The first kappa shape index (κ1) is 16.5. The number of hydrogen-bond acceptors (Lipinski definition) is 3. The molecule has 20 heavy (non-hydrogen) atoms. The molecule has 1 aromatic carbocycles. The molecule has 0 aliphatic carbocycles. The molecule has 0 fully saturated rings. The Kier molecular flexibility index (Phi) is 5.56. The summed E-state index contributed by atoms with van der Waals surface area (Å²) in [5.74, 6) is -2.59. The number of carbonyl (C=O) groups excluding carboxylic acids is 1. The highest BCUT2D eigenvalue weighted by atomic mass is 79.9. The van der Waals surface area contributed by atoms with Gasteiger partial charge in [0.1, 0.15) is 11.7 Å². The Balaban J connectivity index is 3.06. The van der Waals surface area contributed by atoms with Gasteiger partial charge < -0.3 is 15.2 Å². The molecule has 110 valence electrons. The first-order valence-corrected chi connectivity index (χ1v) is 6.95. The van der Waals surface area contributed by atoms with Gasteiger partial charge in [-0.1, -0.05) is 29.8 Å². The van der Waals surface area contributed by atoms with Gasteiger partial charge in [0, 0.05) is 4.47 Å². The molecule has 0 aliphatic heterocycles. The molecule has 0 saturated carbocycles. The van der Waals surface area contributed by atoms with E-state index in [1.165, 1.54) is 7.11 Å². The van der Waals surface area contributed by atoms with Gasteiger partial charge in [0.15, 0.2) is 0 Å². The van der Waals surface area contributed by atoms with Gasteiger partial charge in [-0.2, -0.15) is 0 Å². The van der Waals surface area contributed by atoms with Crippen molar-refractivity contribution in [2.24, 2.45) is 11.8 Å². The number of rotatable bonds is 5. The van der Waals surface area contributed by atoms with Crippen molar-refractivity contribution in [3.63, 3.8) is 0 Å². The first-order chi connectivity index (χ1) is 9.27. The second-order valence-electron chi connectivity index (χ2n) is 4.85. The fourth-order valence-corrected chi connectivity index (χ4v) is 2.18. The van der Waals surface area contributed by atoms with Crippen LogP contribution < -0.4 is 10.1 Å². The van der Waals surface area contributed by atoms with Crippen molar-refractivity contribution < 1.29 is 19.4 Å². The minimum atomic E-state index is -1.14. The van der Waals surface area contributed by atoms with Crippen LogP contribution in [0.1, 0.15) is 19.4 Å². The number of ether oxygens (including phenoxy) is 1. The number of nitrogens with one attached hydrogen (secondary N) is 1. The van der Waals surface area contributed by atoms with E-state index in [0.29, 0.717) is 11.4 Å². The Morgan fingerprint density at radius 1 is 1.35 bits per heavy atom. The molecular weight excluding hydrogens is 326 g/mol. The number of halogens is 1. The van der Waals surface area contributed by atoms with Crippen molar-refractivity contribution in [3.8, 4) is 5.75 Å². The fourth-order valence-electron chi connectivity index (χ4n) is 1.83. The number of benzene rings is 1. The summed E-state index contributed by atoms with van der Waals surface area (Å²) in [4.78, 5) is 23.2. The standard InChI is InChI=1S/C14H18BrNO4/c1-7(2)12(14(18)19)13(17)16-10-6-9(15)8(3)5-11(10)20-4/h5-7,12H,1-4H3,(H,16,17)(H,18,19)/t12-/m0/s1. The lowest BCUT2D eigenvalue weighted by atomic mass is 9.95. The van der Waals surface area contributed by atoms with Crippen LogP contribution in [0.3, 0.4) is 0 Å². The van der Waals surface area contributed by atoms with Gasteiger partial charge in [0.2, 0.25) is 5.91 Å². The molecule has 0 bridgehead atoms. The van der Waals surface area contributed by atoms with Crippen LogP contribution >= 0.6 is 15.9 Å². The molecule has 2 N–H and O–H groups in total. The Labute approximate surface area is 126 Å². The van der Waals surface area contributed by atoms with E-state index in [2.05, 4.69) is 21.2 Å². The van der Waals surface area contributed by atoms with E-state index >= 15 is 0 Å². The van der Waals surface area contributed by atoms with E-state index in [0.717, 1.165) is 10.0 Å². The van der Waals surface area contributed by atoms with E-state index < -0.39 is 17.8 Å². The van der Waals surface area contributed by atoms with Gasteiger partial charge in [0.25, 0.3) is 0 Å². The zero-order chi connectivity index (χ0) is 15.4. The Morgan fingerprint density at radius 3 is 2.40 bits per heavy atom. The van der Waals surface area contributed by atoms with Crippen LogP contribution in [0.4, 0.5) is 5.69 Å². The highest BCUT2D eigenvalue weighted by Gasteiger charge is 2.30. The predicted octanol–water partition coefficient (Wildman–Crippen LogP) is 3.06. The summed E-state index contributed by atoms with van der Waals surface area (Å²) in [6.07, 6.45) is 0. The number of carbonyl (C=O) groups is 2. The smallest absolute Gasteiger partial charge is 0.316 e. The van der Waals surface area contributed by atoms with Crippen LogP contribution in [-0.4, -0.2) is 24.1 Å². The average Bonchev–Trinajstić information content (AvgIpc) is 2.32. The van der Waals surface area contributed by atoms with Gasteiger partial charge in [0.05, 0.1) is 12.8 Å². The monoisotopic (exact) mass is 343 g/mol. The third-order valence-corrected chi connectivity index (χ3v) is 3.81. The van der Waals surface area contributed by atoms with Crippen molar-refractivity contribution in [2.75, 3.05) is 12.4 Å². The number of carboxylic acid groups (broad SMARTS) is 1. The summed E-state index contributed by atoms with van der Waals surface area (Å²) in [6.45, 7) is 5.29. The van der Waals surface area contributed by atoms with E-state index in [1.807, 2.05) is 6.92 Å². The normalized spacial score (nSPS) is 12.1. The molecule has 0 aromatic heterocycles. The van der Waals surface area contributed by atoms with Gasteiger partial charge in [-0.3, -0.25) is 9.59 Å². The van der Waals surface area contributed by atoms with Crippen molar-refractivity contribution >= 4 is 33.5 Å². The summed E-state index contributed by atoms with van der Waals surface area (Å²) in [5, 5.41) is 11.7. The third-order valence-electron chi connectivity index (χ3n) is 2.95. The number of aryl methyl sites for hydroxylation is 1. The highest BCUT2D eigenvalue weighted by Crippen LogP contribution is 2.31. The van der Waals surface area contributed by atoms with Gasteiger partial charge in [-0.25, -0.2) is 0 Å². The molecule has 6 heteroatoms. The van der Waals surface area contributed by atoms with E-state index in [-0.39, 0.29) is 5.92 Å². The zero-order valence-electron chi connectivity index (χ0n) is 11.9. The summed E-state index contributed by atoms with van der Waals surface area (Å²) in [6, 6.07) is 3.47. The number of hydrogen-bond donors (Lipinski definition) is 2. The third kappa shape index (κ3) is 3.72. The molecule has 0 spiro atoms. The number of methoxy groups -OCH3 is 1. The van der Waals surface area contributed by atoms with Gasteiger partial charge in [-0.05, 0) is 30.5 Å². The number of amides is 1. The molecule has 1 aromatic rings. The molecule has 1 rings (SSSR count). The number of anilines is 1. The average molecular weight is 344 g/mol. The van der Waals surface area contributed by atoms with Crippen LogP contribution in [0.15, 0.2) is 16.6 Å². The molecule has 1 atom stereocenters. The highest BCUT2D eigenvalue weighted by molar-refractivity contribution is 9.10. The van der Waals surface area contributed by atoms with Crippen LogP contribution in [0.25, 0.3) is 0 Å². The number of aliphatic carboxylic acids is 1. The first-order valence-electron chi connectivity index (χ1n) is 6.15. The predicted molar refractivity (Wildman–Crippen MR) is 80.0 cm³/mol. The summed E-state index contributed by atoms with van der Waals surface area (Å²) >= 11 is 3.37. The van der Waals surface area contributed by atoms with Crippen molar-refractivity contribution in [2.45, 2.75) is 20.8 Å². The Hall–Kier alpha value is -1.56. The van der Waals surface area contributed by atoms with Crippen LogP contribution in [0.5, 0.6) is 5.75 Å².